The molecule has 1 saturated heterocycles. The second-order valence-corrected chi connectivity index (χ2v) is 7.81. The Morgan fingerprint density at radius 3 is 2.90 bits per heavy atom. The Labute approximate surface area is 168 Å². The first-order valence-corrected chi connectivity index (χ1v) is 10.1. The van der Waals surface area contributed by atoms with Gasteiger partial charge in [0.15, 0.2) is 0 Å². The normalized spacial score (nSPS) is 21.0. The van der Waals surface area contributed by atoms with E-state index in [4.69, 9.17) is 4.74 Å². The minimum absolute atomic E-state index is 0.0253. The number of nitrogens with zero attached hydrogens (tertiary/aromatic N) is 2. The summed E-state index contributed by atoms with van der Waals surface area (Å²) in [6, 6.07) is 4.89. The first kappa shape index (κ1) is 19.8. The van der Waals surface area contributed by atoms with E-state index in [1.165, 1.54) is 11.8 Å². The highest BCUT2D eigenvalue weighted by Crippen LogP contribution is 2.35. The molecule has 1 aromatic heterocycles. The molecule has 0 unspecified atom stereocenters. The zero-order valence-electron chi connectivity index (χ0n) is 15.3. The number of benzene rings is 1. The highest BCUT2D eigenvalue weighted by Gasteiger charge is 2.37. The predicted molar refractivity (Wildman–Crippen MR) is 105 cm³/mol. The van der Waals surface area contributed by atoms with Crippen molar-refractivity contribution in [1.82, 2.24) is 9.97 Å². The Bertz CT molecular complexity index is 940. The number of anilines is 4. The van der Waals surface area contributed by atoms with E-state index in [0.29, 0.717) is 18.9 Å². The van der Waals surface area contributed by atoms with E-state index in [1.54, 1.807) is 18.2 Å². The maximum absolute atomic E-state index is 13.4. The molecular formula is C18H18F3N5O2S. The minimum atomic E-state index is -4.59. The molecule has 0 saturated carbocycles. The maximum Gasteiger partial charge on any atom is 0.421 e. The molecule has 4 rings (SSSR count). The van der Waals surface area contributed by atoms with Crippen molar-refractivity contribution in [2.24, 2.45) is 0 Å². The van der Waals surface area contributed by atoms with Crippen LogP contribution in [0.15, 0.2) is 24.4 Å². The van der Waals surface area contributed by atoms with E-state index in [-0.39, 0.29) is 35.4 Å². The molecule has 2 atom stereocenters. The first-order valence-electron chi connectivity index (χ1n) is 8.84. The molecule has 154 valence electrons. The van der Waals surface area contributed by atoms with Crippen LogP contribution in [0.5, 0.6) is 0 Å². The first-order chi connectivity index (χ1) is 13.8. The van der Waals surface area contributed by atoms with Gasteiger partial charge in [0.05, 0.1) is 30.9 Å². The predicted octanol–water partition coefficient (Wildman–Crippen LogP) is 3.28. The molecule has 7 nitrogen and oxygen atoms in total. The number of aromatic nitrogens is 2. The Kier molecular flexibility index (Phi) is 5.26. The number of amides is 1. The largest absolute Gasteiger partial charge is 0.421 e. The quantitative estimate of drug-likeness (QED) is 0.678. The topological polar surface area (TPSA) is 88.2 Å². The van der Waals surface area contributed by atoms with Crippen LogP contribution in [0.3, 0.4) is 0 Å². The third-order valence-corrected chi connectivity index (χ3v) is 5.80. The number of carbonyl (C=O) groups excluding carboxylic acids is 1. The number of carbonyl (C=O) groups is 1. The van der Waals surface area contributed by atoms with Crippen molar-refractivity contribution in [3.63, 3.8) is 0 Å². The second kappa shape index (κ2) is 7.71. The third kappa shape index (κ3) is 4.25. The number of hydrogen-bond acceptors (Lipinski definition) is 7. The summed E-state index contributed by atoms with van der Waals surface area (Å²) in [6.07, 6.45) is -1.68. The average molecular weight is 425 g/mol. The van der Waals surface area contributed by atoms with Gasteiger partial charge in [-0.2, -0.15) is 29.9 Å². The lowest BCUT2D eigenvalue weighted by atomic mass is 10.1. The molecule has 0 bridgehead atoms. The Hall–Kier alpha value is -2.53. The van der Waals surface area contributed by atoms with E-state index in [2.05, 4.69) is 25.9 Å². The van der Waals surface area contributed by atoms with Gasteiger partial charge in [0, 0.05) is 17.6 Å². The molecule has 1 aromatic carbocycles. The van der Waals surface area contributed by atoms with Gasteiger partial charge in [-0.1, -0.05) is 0 Å². The van der Waals surface area contributed by atoms with E-state index in [0.717, 1.165) is 17.4 Å². The summed E-state index contributed by atoms with van der Waals surface area (Å²) in [5.41, 5.74) is 1.17. The van der Waals surface area contributed by atoms with Crippen molar-refractivity contribution in [2.75, 3.05) is 35.4 Å². The van der Waals surface area contributed by atoms with Crippen LogP contribution in [0.2, 0.25) is 0 Å². The zero-order chi connectivity index (χ0) is 20.6. The van der Waals surface area contributed by atoms with Crippen molar-refractivity contribution in [3.05, 3.63) is 35.5 Å². The van der Waals surface area contributed by atoms with Gasteiger partial charge in [0.1, 0.15) is 11.4 Å². The summed E-state index contributed by atoms with van der Waals surface area (Å²) in [6.45, 7) is 0.777. The Morgan fingerprint density at radius 1 is 1.31 bits per heavy atom. The number of halogens is 3. The fraction of sp³-hybridized carbons (Fsp3) is 0.389. The van der Waals surface area contributed by atoms with Crippen LogP contribution in [0.25, 0.3) is 0 Å². The van der Waals surface area contributed by atoms with Gasteiger partial charge in [0.2, 0.25) is 11.9 Å². The lowest BCUT2D eigenvalue weighted by Crippen LogP contribution is -2.31. The summed E-state index contributed by atoms with van der Waals surface area (Å²) < 4.78 is 45.7. The lowest BCUT2D eigenvalue weighted by molar-refractivity contribution is -0.137. The Morgan fingerprint density at radius 2 is 2.14 bits per heavy atom. The summed E-state index contributed by atoms with van der Waals surface area (Å²) in [5, 5.41) is 8.55. The van der Waals surface area contributed by atoms with E-state index >= 15 is 0 Å². The number of rotatable bonds is 5. The van der Waals surface area contributed by atoms with Gasteiger partial charge in [-0.15, -0.1) is 0 Å². The minimum Gasteiger partial charge on any atom is -0.378 e. The molecule has 1 amide bonds. The molecule has 0 radical (unpaired) electrons. The number of alkyl halides is 3. The molecule has 0 aliphatic carbocycles. The summed E-state index contributed by atoms with van der Waals surface area (Å²) >= 11 is 1.53. The highest BCUT2D eigenvalue weighted by atomic mass is 32.2. The molecule has 3 N–H and O–H groups in total. The van der Waals surface area contributed by atoms with Gasteiger partial charge in [-0.3, -0.25) is 4.79 Å². The van der Waals surface area contributed by atoms with Crippen LogP contribution in [0.1, 0.15) is 11.1 Å². The van der Waals surface area contributed by atoms with E-state index in [9.17, 15) is 18.0 Å². The van der Waals surface area contributed by atoms with Crippen LogP contribution >= 0.6 is 11.8 Å². The third-order valence-electron chi connectivity index (χ3n) is 4.73. The SMILES string of the molecule is CS[C@H]1COC[C@@H]1Nc1nc(Nc2ccc3c(c2)CC(=O)N3)ncc1C(F)(F)F. The number of hydrogen-bond donors (Lipinski definition) is 3. The molecule has 2 aliphatic heterocycles. The summed E-state index contributed by atoms with van der Waals surface area (Å²) in [7, 11) is 0. The van der Waals surface area contributed by atoms with Gasteiger partial charge < -0.3 is 20.7 Å². The monoisotopic (exact) mass is 425 g/mol. The van der Waals surface area contributed by atoms with E-state index in [1.807, 2.05) is 6.26 Å². The standard InChI is InChI=1S/C18H18F3N5O2S/c1-29-14-8-28-7-13(14)25-16-11(18(19,20)21)6-22-17(26-16)23-10-2-3-12-9(4-10)5-15(27)24-12/h2-4,6,13-14H,5,7-8H2,1H3,(H,24,27)(H2,22,23,25,26)/t13-,14-/m0/s1. The molecule has 2 aromatic rings. The van der Waals surface area contributed by atoms with Crippen molar-refractivity contribution in [2.45, 2.75) is 23.9 Å². The number of nitrogens with one attached hydrogen (secondary N) is 3. The van der Waals surface area contributed by atoms with Gasteiger partial charge in [-0.05, 0) is 30.0 Å². The van der Waals surface area contributed by atoms with Crippen LogP contribution in [-0.4, -0.2) is 46.6 Å². The molecule has 0 spiro atoms. The fourth-order valence-corrected chi connectivity index (χ4v) is 3.98. The van der Waals surface area contributed by atoms with Crippen LogP contribution < -0.4 is 16.0 Å². The molecule has 1 fully saturated rings. The molecule has 11 heteroatoms. The molecule has 29 heavy (non-hydrogen) atoms. The van der Waals surface area contributed by atoms with Crippen molar-refractivity contribution < 1.29 is 22.7 Å². The highest BCUT2D eigenvalue weighted by molar-refractivity contribution is 7.99. The van der Waals surface area contributed by atoms with Gasteiger partial charge in [-0.25, -0.2) is 4.98 Å². The molecule has 2 aliphatic rings. The zero-order valence-corrected chi connectivity index (χ0v) is 16.2. The van der Waals surface area contributed by atoms with Crippen LogP contribution in [-0.2, 0) is 22.1 Å². The molecular weight excluding hydrogens is 407 g/mol. The summed E-state index contributed by atoms with van der Waals surface area (Å²) in [4.78, 5) is 19.4. The average Bonchev–Trinajstić information content (AvgIpc) is 3.25. The second-order valence-electron chi connectivity index (χ2n) is 6.74. The van der Waals surface area contributed by atoms with Crippen molar-refractivity contribution in [3.8, 4) is 0 Å². The maximum atomic E-state index is 13.4. The molecule has 3 heterocycles. The number of ether oxygens (including phenoxy) is 1. The number of fused-ring (bicyclic) bond motifs is 1. The lowest BCUT2D eigenvalue weighted by Gasteiger charge is -2.21. The summed E-state index contributed by atoms with van der Waals surface area (Å²) in [5.74, 6) is -0.364. The van der Waals surface area contributed by atoms with Gasteiger partial charge >= 0.3 is 6.18 Å². The van der Waals surface area contributed by atoms with Gasteiger partial charge in [0.25, 0.3) is 0 Å². The van der Waals surface area contributed by atoms with Crippen molar-refractivity contribution >= 4 is 40.8 Å². The van der Waals surface area contributed by atoms with Crippen LogP contribution in [0, 0.1) is 0 Å². The fourth-order valence-electron chi connectivity index (χ4n) is 3.27. The van der Waals surface area contributed by atoms with E-state index < -0.39 is 11.7 Å². The Balaban J connectivity index is 1.60. The van der Waals surface area contributed by atoms with Crippen molar-refractivity contribution in [1.29, 1.82) is 0 Å². The number of thioether (sulfide) groups is 1. The smallest absolute Gasteiger partial charge is 0.378 e. The van der Waals surface area contributed by atoms with Crippen LogP contribution in [0.4, 0.5) is 36.3 Å².